The van der Waals surface area contributed by atoms with Crippen molar-refractivity contribution in [1.82, 2.24) is 4.90 Å². The number of β-amino-alcohol motifs (C(OH)–C–C–N with tert-alkyl or cyclic N) is 1. The Bertz CT molecular complexity index is 684. The number of esters is 2. The monoisotopic (exact) mass is 331 g/mol. The predicted molar refractivity (Wildman–Crippen MR) is 86.0 cm³/mol. The zero-order chi connectivity index (χ0) is 17.3. The summed E-state index contributed by atoms with van der Waals surface area (Å²) in [5.74, 6) is -1.28. The van der Waals surface area contributed by atoms with Crippen LogP contribution < -0.4 is 0 Å². The van der Waals surface area contributed by atoms with Crippen LogP contribution in [-0.2, 0) is 19.1 Å². The maximum absolute atomic E-state index is 12.2. The van der Waals surface area contributed by atoms with E-state index in [9.17, 15) is 14.7 Å². The van der Waals surface area contributed by atoms with E-state index in [1.807, 2.05) is 37.3 Å². The van der Waals surface area contributed by atoms with Gasteiger partial charge in [0.25, 0.3) is 0 Å². The summed E-state index contributed by atoms with van der Waals surface area (Å²) in [6, 6.07) is 9.82. The second-order valence-corrected chi connectivity index (χ2v) is 6.29. The van der Waals surface area contributed by atoms with Gasteiger partial charge in [0.1, 0.15) is 11.2 Å². The molecule has 1 aromatic rings. The fourth-order valence-electron chi connectivity index (χ4n) is 3.65. The second-order valence-electron chi connectivity index (χ2n) is 6.29. The first kappa shape index (κ1) is 16.7. The molecule has 2 aliphatic heterocycles. The molecule has 0 aliphatic carbocycles. The highest BCUT2D eigenvalue weighted by molar-refractivity contribution is 6.16. The van der Waals surface area contributed by atoms with Gasteiger partial charge in [0, 0.05) is 19.1 Å². The normalized spacial score (nSPS) is 27.0. The Kier molecular flexibility index (Phi) is 4.43. The fourth-order valence-corrected chi connectivity index (χ4v) is 3.65. The predicted octanol–water partition coefficient (Wildman–Crippen LogP) is 1.21. The molecular weight excluding hydrogens is 310 g/mol. The molecule has 0 radical (unpaired) electrons. The van der Waals surface area contributed by atoms with E-state index in [1.165, 1.54) is 7.11 Å². The van der Waals surface area contributed by atoms with E-state index >= 15 is 0 Å². The minimum absolute atomic E-state index is 0.0102. The number of nitrogens with zero attached hydrogens (tertiary/aromatic N) is 1. The van der Waals surface area contributed by atoms with Crippen molar-refractivity contribution < 1.29 is 24.2 Å². The third-order valence-corrected chi connectivity index (χ3v) is 4.77. The topological polar surface area (TPSA) is 76.1 Å². The van der Waals surface area contributed by atoms with Gasteiger partial charge in [-0.25, -0.2) is 9.59 Å². The Labute approximate surface area is 140 Å². The molecule has 0 aromatic heterocycles. The van der Waals surface area contributed by atoms with E-state index in [1.54, 1.807) is 0 Å². The third-order valence-electron chi connectivity index (χ3n) is 4.77. The molecule has 2 unspecified atom stereocenters. The van der Waals surface area contributed by atoms with Crippen LogP contribution in [0.5, 0.6) is 0 Å². The number of rotatable bonds is 4. The first-order valence-corrected chi connectivity index (χ1v) is 7.95. The van der Waals surface area contributed by atoms with Crippen LogP contribution in [0.2, 0.25) is 0 Å². The molecule has 2 aliphatic rings. The van der Waals surface area contributed by atoms with Crippen LogP contribution in [0.3, 0.4) is 0 Å². The maximum atomic E-state index is 12.2. The number of piperidine rings is 1. The van der Waals surface area contributed by atoms with Crippen molar-refractivity contribution in [2.75, 3.05) is 26.8 Å². The van der Waals surface area contributed by atoms with Gasteiger partial charge in [-0.3, -0.25) is 4.90 Å². The average Bonchev–Trinajstić information content (AvgIpc) is 2.83. The number of aliphatic hydroxyl groups is 1. The van der Waals surface area contributed by atoms with Crippen molar-refractivity contribution >= 4 is 11.9 Å². The summed E-state index contributed by atoms with van der Waals surface area (Å²) < 4.78 is 10.3. The largest absolute Gasteiger partial charge is 0.465 e. The summed E-state index contributed by atoms with van der Waals surface area (Å²) in [7, 11) is 1.26. The van der Waals surface area contributed by atoms with Crippen molar-refractivity contribution in [2.45, 2.75) is 25.0 Å². The number of hydrogen-bond acceptors (Lipinski definition) is 6. The molecule has 0 amide bonds. The molecule has 0 saturated carbocycles. The fraction of sp³-hybridized carbons (Fsp3) is 0.444. The Balaban J connectivity index is 2.04. The lowest BCUT2D eigenvalue weighted by atomic mass is 9.81. The molecular formula is C18H21NO5. The molecule has 128 valence electrons. The van der Waals surface area contributed by atoms with Gasteiger partial charge in [0.15, 0.2) is 0 Å². The summed E-state index contributed by atoms with van der Waals surface area (Å²) in [5, 5.41) is 9.40. The molecule has 24 heavy (non-hydrogen) atoms. The molecule has 2 atom stereocenters. The van der Waals surface area contributed by atoms with Gasteiger partial charge in [-0.1, -0.05) is 30.3 Å². The van der Waals surface area contributed by atoms with Crippen LogP contribution in [0.25, 0.3) is 0 Å². The number of methoxy groups -OCH3 is 1. The molecule has 1 N–H and O–H groups in total. The summed E-state index contributed by atoms with van der Waals surface area (Å²) >= 11 is 0. The van der Waals surface area contributed by atoms with Crippen LogP contribution >= 0.6 is 0 Å². The second kappa shape index (κ2) is 6.37. The van der Waals surface area contributed by atoms with E-state index in [0.717, 1.165) is 5.56 Å². The van der Waals surface area contributed by atoms with Gasteiger partial charge < -0.3 is 14.6 Å². The van der Waals surface area contributed by atoms with Gasteiger partial charge in [-0.2, -0.15) is 0 Å². The molecule has 6 nitrogen and oxygen atoms in total. The number of carbonyl (C=O) groups excluding carboxylic acids is 2. The molecule has 0 spiro atoms. The first-order chi connectivity index (χ1) is 11.5. The van der Waals surface area contributed by atoms with Crippen molar-refractivity contribution in [3.63, 3.8) is 0 Å². The number of fused-ring (bicyclic) bond motifs is 1. The van der Waals surface area contributed by atoms with Crippen molar-refractivity contribution in [3.05, 3.63) is 47.0 Å². The van der Waals surface area contributed by atoms with E-state index in [4.69, 9.17) is 9.47 Å². The summed E-state index contributed by atoms with van der Waals surface area (Å²) in [6.45, 7) is 2.71. The SMILES string of the molecule is COC(=O)C1=C2CC(c3ccccc3)N(CCO)CC2(C)OC1=O. The first-order valence-electron chi connectivity index (χ1n) is 7.95. The zero-order valence-electron chi connectivity index (χ0n) is 13.8. The number of hydrogen-bond donors (Lipinski definition) is 1. The standard InChI is InChI=1S/C18H21NO5/c1-18-11-19(8-9-20)14(12-6-4-3-5-7-12)10-13(18)15(16(21)23-2)17(22)24-18/h3-7,14,20H,8-11H2,1-2H3. The average molecular weight is 331 g/mol. The third kappa shape index (κ3) is 2.72. The van der Waals surface area contributed by atoms with E-state index in [2.05, 4.69) is 4.90 Å². The number of likely N-dealkylation sites (tertiary alicyclic amines) is 1. The van der Waals surface area contributed by atoms with Crippen LogP contribution in [0.1, 0.15) is 24.9 Å². The lowest BCUT2D eigenvalue weighted by Gasteiger charge is -2.44. The van der Waals surface area contributed by atoms with Gasteiger partial charge in [-0.15, -0.1) is 0 Å². The van der Waals surface area contributed by atoms with E-state index in [0.29, 0.717) is 25.1 Å². The maximum Gasteiger partial charge on any atom is 0.346 e. The van der Waals surface area contributed by atoms with Gasteiger partial charge >= 0.3 is 11.9 Å². The Morgan fingerprint density at radius 3 is 2.75 bits per heavy atom. The molecule has 2 heterocycles. The molecule has 3 rings (SSSR count). The molecule has 1 aromatic carbocycles. The molecule has 1 saturated heterocycles. The summed E-state index contributed by atoms with van der Waals surface area (Å²) in [6.07, 6.45) is 0.483. The van der Waals surface area contributed by atoms with Crippen LogP contribution in [0, 0.1) is 0 Å². The Hall–Kier alpha value is -2.18. The number of ether oxygens (including phenoxy) is 2. The minimum Gasteiger partial charge on any atom is -0.465 e. The highest BCUT2D eigenvalue weighted by Crippen LogP contribution is 2.45. The molecule has 1 fully saturated rings. The number of carbonyl (C=O) groups is 2. The summed E-state index contributed by atoms with van der Waals surface area (Å²) in [5.41, 5.74) is 0.914. The van der Waals surface area contributed by atoms with Gasteiger partial charge in [0.2, 0.25) is 0 Å². The summed E-state index contributed by atoms with van der Waals surface area (Å²) in [4.78, 5) is 26.3. The van der Waals surface area contributed by atoms with Crippen molar-refractivity contribution in [2.24, 2.45) is 0 Å². The van der Waals surface area contributed by atoms with Crippen LogP contribution in [0.15, 0.2) is 41.5 Å². The lowest BCUT2D eigenvalue weighted by Crippen LogP contribution is -2.50. The van der Waals surface area contributed by atoms with E-state index < -0.39 is 17.5 Å². The van der Waals surface area contributed by atoms with Crippen molar-refractivity contribution in [3.8, 4) is 0 Å². The van der Waals surface area contributed by atoms with Crippen molar-refractivity contribution in [1.29, 1.82) is 0 Å². The number of benzene rings is 1. The highest BCUT2D eigenvalue weighted by atomic mass is 16.6. The highest BCUT2D eigenvalue weighted by Gasteiger charge is 2.52. The van der Waals surface area contributed by atoms with Crippen LogP contribution in [0.4, 0.5) is 0 Å². The number of aliphatic hydroxyl groups excluding tert-OH is 1. The van der Waals surface area contributed by atoms with Gasteiger partial charge in [-0.05, 0) is 24.5 Å². The molecule has 6 heteroatoms. The Morgan fingerprint density at radius 2 is 2.12 bits per heavy atom. The minimum atomic E-state index is -0.860. The Morgan fingerprint density at radius 1 is 1.42 bits per heavy atom. The smallest absolute Gasteiger partial charge is 0.346 e. The van der Waals surface area contributed by atoms with Crippen LogP contribution in [-0.4, -0.2) is 54.4 Å². The quantitative estimate of drug-likeness (QED) is 0.660. The molecule has 0 bridgehead atoms. The zero-order valence-corrected chi connectivity index (χ0v) is 13.8. The van der Waals surface area contributed by atoms with E-state index in [-0.39, 0.29) is 18.2 Å². The van der Waals surface area contributed by atoms with Gasteiger partial charge in [0.05, 0.1) is 13.7 Å². The lowest BCUT2D eigenvalue weighted by molar-refractivity contribution is -0.151.